The Labute approximate surface area is 172 Å². The number of benzene rings is 2. The molecule has 1 atom stereocenters. The summed E-state index contributed by atoms with van der Waals surface area (Å²) in [4.78, 5) is 15.1. The van der Waals surface area contributed by atoms with Crippen molar-refractivity contribution >= 4 is 22.4 Å². The van der Waals surface area contributed by atoms with Gasteiger partial charge >= 0.3 is 6.18 Å². The minimum Gasteiger partial charge on any atom is -0.388 e. The lowest BCUT2D eigenvalue weighted by Gasteiger charge is -2.13. The van der Waals surface area contributed by atoms with E-state index in [1.165, 1.54) is 12.1 Å². The zero-order valence-corrected chi connectivity index (χ0v) is 16.3. The second-order valence-corrected chi connectivity index (χ2v) is 7.85. The topological polar surface area (TPSA) is 65.1 Å². The molecule has 1 unspecified atom stereocenters. The zero-order chi connectivity index (χ0) is 21.3. The third-order valence-corrected chi connectivity index (χ3v) is 5.56. The first-order valence-corrected chi connectivity index (χ1v) is 10.0. The number of halogens is 3. The number of aromatic amines is 1. The van der Waals surface area contributed by atoms with E-state index in [1.54, 1.807) is 0 Å². The maximum atomic E-state index is 12.7. The Morgan fingerprint density at radius 3 is 2.57 bits per heavy atom. The number of aliphatic hydroxyl groups is 1. The van der Waals surface area contributed by atoms with E-state index in [0.29, 0.717) is 19.4 Å². The summed E-state index contributed by atoms with van der Waals surface area (Å²) in [6, 6.07) is 10.6. The molecule has 0 spiro atoms. The fourth-order valence-electron chi connectivity index (χ4n) is 3.55. The van der Waals surface area contributed by atoms with Gasteiger partial charge in [0.1, 0.15) is 0 Å². The van der Waals surface area contributed by atoms with Gasteiger partial charge in [0.05, 0.1) is 23.9 Å². The average molecular weight is 416 g/mol. The van der Waals surface area contributed by atoms with Crippen LogP contribution in [-0.4, -0.2) is 22.4 Å². The number of hydrogen-bond donors (Lipinski definition) is 3. The molecule has 3 aromatic rings. The third-order valence-electron chi connectivity index (χ3n) is 5.56. The van der Waals surface area contributed by atoms with Gasteiger partial charge in [-0.05, 0) is 61.1 Å². The van der Waals surface area contributed by atoms with Crippen LogP contribution in [0, 0.1) is 5.92 Å². The molecule has 0 bridgehead atoms. The number of fused-ring (bicyclic) bond motifs is 1. The van der Waals surface area contributed by atoms with E-state index in [-0.39, 0.29) is 11.7 Å². The maximum Gasteiger partial charge on any atom is 0.416 e. The van der Waals surface area contributed by atoms with Crippen molar-refractivity contribution < 1.29 is 23.1 Å². The third kappa shape index (κ3) is 4.67. The molecule has 0 amide bonds. The van der Waals surface area contributed by atoms with E-state index >= 15 is 0 Å². The Morgan fingerprint density at radius 2 is 1.90 bits per heavy atom. The van der Waals surface area contributed by atoms with Gasteiger partial charge in [-0.25, -0.2) is 0 Å². The van der Waals surface area contributed by atoms with Gasteiger partial charge in [-0.1, -0.05) is 18.2 Å². The summed E-state index contributed by atoms with van der Waals surface area (Å²) < 4.78 is 38.0. The van der Waals surface area contributed by atoms with Crippen LogP contribution in [-0.2, 0) is 17.4 Å². The first kappa shape index (κ1) is 20.5. The van der Waals surface area contributed by atoms with E-state index in [9.17, 15) is 23.1 Å². The number of hydrogen-bond acceptors (Lipinski definition) is 3. The van der Waals surface area contributed by atoms with Crippen molar-refractivity contribution in [1.29, 1.82) is 0 Å². The Balaban J connectivity index is 1.40. The number of rotatable bonds is 8. The largest absolute Gasteiger partial charge is 0.416 e. The summed E-state index contributed by atoms with van der Waals surface area (Å²) in [6.07, 6.45) is -0.474. The molecule has 4 rings (SSSR count). The fourth-order valence-corrected chi connectivity index (χ4v) is 3.55. The number of nitrogens with one attached hydrogen (secondary N) is 2. The number of aromatic nitrogens is 1. The average Bonchev–Trinajstić information content (AvgIpc) is 3.50. The highest BCUT2D eigenvalue weighted by Crippen LogP contribution is 2.32. The molecule has 2 aromatic carbocycles. The molecule has 1 heterocycles. The van der Waals surface area contributed by atoms with Crippen LogP contribution in [0.1, 0.15) is 42.1 Å². The van der Waals surface area contributed by atoms with Crippen molar-refractivity contribution in [3.8, 4) is 0 Å². The molecular formula is C23H23F3N2O2. The predicted molar refractivity (Wildman–Crippen MR) is 109 cm³/mol. The van der Waals surface area contributed by atoms with Crippen molar-refractivity contribution in [2.45, 2.75) is 38.0 Å². The molecular weight excluding hydrogens is 393 g/mol. The molecule has 30 heavy (non-hydrogen) atoms. The Morgan fingerprint density at radius 1 is 1.17 bits per heavy atom. The van der Waals surface area contributed by atoms with Crippen LogP contribution in [0.15, 0.2) is 48.7 Å². The number of alkyl halides is 3. The standard InChI is InChI=1S/C23H23F3N2O2/c24-23(25,26)17-7-1-14(2-8-17)3-10-21(29)16-6-9-19-18(11-16)20(12-27-19)28-13-22(30)15-4-5-15/h1-2,6-9,11-12,15,21,27-29H,3-5,10,13H2. The Bertz CT molecular complexity index is 1040. The second kappa shape index (κ2) is 8.14. The lowest BCUT2D eigenvalue weighted by atomic mass is 9.99. The summed E-state index contributed by atoms with van der Waals surface area (Å²) >= 11 is 0. The monoisotopic (exact) mass is 416 g/mol. The smallest absolute Gasteiger partial charge is 0.388 e. The normalized spacial score (nSPS) is 15.3. The zero-order valence-electron chi connectivity index (χ0n) is 16.3. The molecule has 3 N–H and O–H groups in total. The van der Waals surface area contributed by atoms with Gasteiger partial charge < -0.3 is 15.4 Å². The lowest BCUT2D eigenvalue weighted by Crippen LogP contribution is -2.14. The number of carbonyl (C=O) groups excluding carboxylic acids is 1. The molecule has 1 aliphatic carbocycles. The summed E-state index contributed by atoms with van der Waals surface area (Å²) in [7, 11) is 0. The van der Waals surface area contributed by atoms with Crippen molar-refractivity contribution in [3.63, 3.8) is 0 Å². The molecule has 1 saturated carbocycles. The highest BCUT2D eigenvalue weighted by Gasteiger charge is 2.30. The van der Waals surface area contributed by atoms with Gasteiger partial charge in [-0.15, -0.1) is 0 Å². The van der Waals surface area contributed by atoms with E-state index in [2.05, 4.69) is 10.3 Å². The van der Waals surface area contributed by atoms with Crippen molar-refractivity contribution in [2.75, 3.05) is 11.9 Å². The summed E-state index contributed by atoms with van der Waals surface area (Å²) in [5.41, 5.74) is 2.51. The van der Waals surface area contributed by atoms with E-state index < -0.39 is 17.8 Å². The molecule has 1 fully saturated rings. The quantitative estimate of drug-likeness (QED) is 0.470. The van der Waals surface area contributed by atoms with Crippen LogP contribution >= 0.6 is 0 Å². The van der Waals surface area contributed by atoms with Crippen molar-refractivity contribution in [2.24, 2.45) is 5.92 Å². The molecule has 7 heteroatoms. The van der Waals surface area contributed by atoms with Gasteiger partial charge in [0, 0.05) is 23.0 Å². The van der Waals surface area contributed by atoms with Crippen LogP contribution in [0.4, 0.5) is 18.9 Å². The molecule has 0 aliphatic heterocycles. The molecule has 158 valence electrons. The van der Waals surface area contributed by atoms with Crippen LogP contribution in [0.2, 0.25) is 0 Å². The first-order chi connectivity index (χ1) is 14.3. The van der Waals surface area contributed by atoms with Crippen molar-refractivity contribution in [3.05, 3.63) is 65.4 Å². The van der Waals surface area contributed by atoms with Gasteiger partial charge in [0.15, 0.2) is 5.78 Å². The number of carbonyl (C=O) groups is 1. The molecule has 4 nitrogen and oxygen atoms in total. The van der Waals surface area contributed by atoms with Crippen LogP contribution in [0.5, 0.6) is 0 Å². The maximum absolute atomic E-state index is 12.7. The number of aryl methyl sites for hydroxylation is 1. The summed E-state index contributed by atoms with van der Waals surface area (Å²) in [5.74, 6) is 0.419. The van der Waals surface area contributed by atoms with E-state index in [0.717, 1.165) is 52.7 Å². The minimum absolute atomic E-state index is 0.199. The number of Topliss-reactive ketones (excluding diaryl/α,β-unsaturated/α-hetero) is 1. The summed E-state index contributed by atoms with van der Waals surface area (Å²) in [6.45, 7) is 0.290. The minimum atomic E-state index is -4.35. The van der Waals surface area contributed by atoms with Crippen molar-refractivity contribution in [1.82, 2.24) is 4.98 Å². The lowest BCUT2D eigenvalue weighted by molar-refractivity contribution is -0.137. The van der Waals surface area contributed by atoms with E-state index in [4.69, 9.17) is 0 Å². The van der Waals surface area contributed by atoms with Gasteiger partial charge in [0.2, 0.25) is 0 Å². The number of anilines is 1. The Hall–Kier alpha value is -2.80. The number of ketones is 1. The van der Waals surface area contributed by atoms with E-state index in [1.807, 2.05) is 24.4 Å². The summed E-state index contributed by atoms with van der Waals surface area (Å²) in [5, 5.41) is 14.7. The van der Waals surface area contributed by atoms with Gasteiger partial charge in [-0.3, -0.25) is 4.79 Å². The Kier molecular flexibility index (Phi) is 5.56. The number of H-pyrrole nitrogens is 1. The molecule has 0 saturated heterocycles. The van der Waals surface area contributed by atoms with Crippen LogP contribution in [0.25, 0.3) is 10.9 Å². The fraction of sp³-hybridized carbons (Fsp3) is 0.348. The molecule has 1 aliphatic rings. The molecule has 0 radical (unpaired) electrons. The number of aliphatic hydroxyl groups excluding tert-OH is 1. The highest BCUT2D eigenvalue weighted by molar-refractivity contribution is 5.95. The van der Waals surface area contributed by atoms with Gasteiger partial charge in [0.25, 0.3) is 0 Å². The highest BCUT2D eigenvalue weighted by atomic mass is 19.4. The van der Waals surface area contributed by atoms with Crippen LogP contribution < -0.4 is 5.32 Å². The first-order valence-electron chi connectivity index (χ1n) is 10.0. The van der Waals surface area contributed by atoms with Gasteiger partial charge in [-0.2, -0.15) is 13.2 Å². The second-order valence-electron chi connectivity index (χ2n) is 7.85. The SMILES string of the molecule is O=C(CNc1c[nH]c2ccc(C(O)CCc3ccc(C(F)(F)F)cc3)cc12)C1CC1. The molecule has 1 aromatic heterocycles. The van der Waals surface area contributed by atoms with Crippen LogP contribution in [0.3, 0.4) is 0 Å². The predicted octanol–water partition coefficient (Wildman–Crippen LogP) is 5.24.